The second-order valence-electron chi connectivity index (χ2n) is 5.11. The van der Waals surface area contributed by atoms with Gasteiger partial charge in [0.15, 0.2) is 0 Å². The fourth-order valence-electron chi connectivity index (χ4n) is 2.12. The summed E-state index contributed by atoms with van der Waals surface area (Å²) < 4.78 is 26.7. The summed E-state index contributed by atoms with van der Waals surface area (Å²) in [6, 6.07) is 4.27. The van der Waals surface area contributed by atoms with Crippen LogP contribution < -0.4 is 4.72 Å². The van der Waals surface area contributed by atoms with Crippen LogP contribution in [0.5, 0.6) is 0 Å². The first kappa shape index (κ1) is 15.0. The zero-order valence-corrected chi connectivity index (χ0v) is 12.2. The lowest BCUT2D eigenvalue weighted by molar-refractivity contribution is 0.0695. The average Bonchev–Trinajstić information content (AvgIpc) is 3.21. The minimum Gasteiger partial charge on any atom is -0.478 e. The Morgan fingerprint density at radius 3 is 2.65 bits per heavy atom. The van der Waals surface area contributed by atoms with Crippen LogP contribution in [0.25, 0.3) is 0 Å². The smallest absolute Gasteiger partial charge is 0.336 e. The predicted molar refractivity (Wildman–Crippen MR) is 75.3 cm³/mol. The summed E-state index contributed by atoms with van der Waals surface area (Å²) in [5.41, 5.74) is 0.687. The van der Waals surface area contributed by atoms with Crippen LogP contribution in [-0.2, 0) is 16.4 Å². The van der Waals surface area contributed by atoms with Crippen molar-refractivity contribution in [1.29, 1.82) is 0 Å². The fourth-order valence-corrected chi connectivity index (χ4v) is 3.19. The van der Waals surface area contributed by atoms with E-state index in [2.05, 4.69) is 4.72 Å². The Kier molecular flexibility index (Phi) is 4.45. The third kappa shape index (κ3) is 3.58. The summed E-state index contributed by atoms with van der Waals surface area (Å²) in [7, 11) is -3.62. The summed E-state index contributed by atoms with van der Waals surface area (Å²) in [6.45, 7) is 2.24. The van der Waals surface area contributed by atoms with E-state index in [4.69, 9.17) is 5.11 Å². The Hall–Kier alpha value is -1.40. The van der Waals surface area contributed by atoms with Crippen molar-refractivity contribution in [1.82, 2.24) is 4.72 Å². The number of hydrogen-bond donors (Lipinski definition) is 2. The highest BCUT2D eigenvalue weighted by Crippen LogP contribution is 2.31. The number of aromatic carboxylic acids is 1. The van der Waals surface area contributed by atoms with Gasteiger partial charge in [-0.05, 0) is 36.5 Å². The molecular weight excluding hydrogens is 278 g/mol. The van der Waals surface area contributed by atoms with Crippen LogP contribution in [0.4, 0.5) is 0 Å². The number of carboxylic acid groups (broad SMARTS) is 1. The Morgan fingerprint density at radius 1 is 1.40 bits per heavy atom. The first-order chi connectivity index (χ1) is 9.44. The van der Waals surface area contributed by atoms with Gasteiger partial charge < -0.3 is 5.11 Å². The number of aryl methyl sites for hydroxylation is 1. The molecule has 1 fully saturated rings. The van der Waals surface area contributed by atoms with Crippen LogP contribution in [0.3, 0.4) is 0 Å². The molecule has 0 atom stereocenters. The normalized spacial score (nSPS) is 15.2. The monoisotopic (exact) mass is 297 g/mol. The molecule has 1 aliphatic rings. The van der Waals surface area contributed by atoms with Crippen LogP contribution >= 0.6 is 0 Å². The minimum atomic E-state index is -3.62. The van der Waals surface area contributed by atoms with Crippen molar-refractivity contribution in [3.05, 3.63) is 29.3 Å². The van der Waals surface area contributed by atoms with Crippen molar-refractivity contribution >= 4 is 16.0 Å². The largest absolute Gasteiger partial charge is 0.478 e. The standard InChI is InChI=1S/C14H19NO4S/c1-2-11-5-6-12(9-13(11)14(16)17)20(18,19)15-8-7-10-3-4-10/h5-6,9-10,15H,2-4,7-8H2,1H3,(H,16,17). The molecule has 0 unspecified atom stereocenters. The van der Waals surface area contributed by atoms with E-state index in [1.807, 2.05) is 6.92 Å². The van der Waals surface area contributed by atoms with Gasteiger partial charge in [-0.15, -0.1) is 0 Å². The topological polar surface area (TPSA) is 83.5 Å². The van der Waals surface area contributed by atoms with Crippen LogP contribution in [-0.4, -0.2) is 26.0 Å². The second-order valence-corrected chi connectivity index (χ2v) is 6.87. The molecule has 0 saturated heterocycles. The van der Waals surface area contributed by atoms with Gasteiger partial charge in [0.1, 0.15) is 0 Å². The van der Waals surface area contributed by atoms with Crippen LogP contribution in [0, 0.1) is 5.92 Å². The second kappa shape index (κ2) is 5.93. The molecule has 0 amide bonds. The summed E-state index contributed by atoms with van der Waals surface area (Å²) >= 11 is 0. The van der Waals surface area contributed by atoms with Gasteiger partial charge in [0, 0.05) is 6.54 Å². The minimum absolute atomic E-state index is 0.0166. The van der Waals surface area contributed by atoms with Gasteiger partial charge in [0.25, 0.3) is 0 Å². The molecule has 5 nitrogen and oxygen atoms in total. The van der Waals surface area contributed by atoms with Crippen LogP contribution in [0.15, 0.2) is 23.1 Å². The zero-order chi connectivity index (χ0) is 14.8. The van der Waals surface area contributed by atoms with Crippen molar-refractivity contribution in [2.24, 2.45) is 5.92 Å². The molecule has 1 aliphatic carbocycles. The van der Waals surface area contributed by atoms with Crippen molar-refractivity contribution in [2.75, 3.05) is 6.54 Å². The van der Waals surface area contributed by atoms with E-state index in [1.165, 1.54) is 25.0 Å². The lowest BCUT2D eigenvalue weighted by atomic mass is 10.1. The van der Waals surface area contributed by atoms with Gasteiger partial charge >= 0.3 is 5.97 Å². The number of carbonyl (C=O) groups is 1. The molecule has 1 aromatic carbocycles. The maximum atomic E-state index is 12.1. The lowest BCUT2D eigenvalue weighted by Crippen LogP contribution is -2.25. The zero-order valence-electron chi connectivity index (χ0n) is 11.4. The lowest BCUT2D eigenvalue weighted by Gasteiger charge is -2.09. The molecule has 2 N–H and O–H groups in total. The van der Waals surface area contributed by atoms with Crippen LogP contribution in [0.2, 0.25) is 0 Å². The van der Waals surface area contributed by atoms with E-state index in [9.17, 15) is 13.2 Å². The highest BCUT2D eigenvalue weighted by atomic mass is 32.2. The Labute approximate surface area is 119 Å². The Balaban J connectivity index is 2.17. The van der Waals surface area contributed by atoms with E-state index < -0.39 is 16.0 Å². The van der Waals surface area contributed by atoms with Gasteiger partial charge in [-0.25, -0.2) is 17.9 Å². The molecular formula is C14H19NO4S. The number of sulfonamides is 1. The maximum Gasteiger partial charge on any atom is 0.336 e. The molecule has 0 bridgehead atoms. The van der Waals surface area contributed by atoms with E-state index >= 15 is 0 Å². The van der Waals surface area contributed by atoms with Crippen LogP contribution in [0.1, 0.15) is 42.1 Å². The van der Waals surface area contributed by atoms with E-state index in [1.54, 1.807) is 6.07 Å². The molecule has 0 radical (unpaired) electrons. The summed E-state index contributed by atoms with van der Waals surface area (Å²) in [4.78, 5) is 11.2. The molecule has 110 valence electrons. The molecule has 0 spiro atoms. The number of carboxylic acids is 1. The quantitative estimate of drug-likeness (QED) is 0.806. The number of hydrogen-bond acceptors (Lipinski definition) is 3. The van der Waals surface area contributed by atoms with Gasteiger partial charge in [-0.2, -0.15) is 0 Å². The molecule has 20 heavy (non-hydrogen) atoms. The number of benzene rings is 1. The maximum absolute atomic E-state index is 12.1. The first-order valence-corrected chi connectivity index (χ1v) is 8.28. The highest BCUT2D eigenvalue weighted by Gasteiger charge is 2.22. The molecule has 0 aromatic heterocycles. The summed E-state index contributed by atoms with van der Waals surface area (Å²) in [5, 5.41) is 9.13. The third-order valence-electron chi connectivity index (χ3n) is 3.54. The number of rotatable bonds is 7. The van der Waals surface area contributed by atoms with Gasteiger partial charge in [0.05, 0.1) is 10.5 Å². The first-order valence-electron chi connectivity index (χ1n) is 6.80. The Bertz CT molecular complexity index is 606. The molecule has 1 aromatic rings. The number of nitrogens with one attached hydrogen (secondary N) is 1. The van der Waals surface area contributed by atoms with Crippen molar-refractivity contribution < 1.29 is 18.3 Å². The molecule has 6 heteroatoms. The van der Waals surface area contributed by atoms with Crippen molar-refractivity contribution in [2.45, 2.75) is 37.5 Å². The summed E-state index contributed by atoms with van der Waals surface area (Å²) in [6.07, 6.45) is 3.75. The van der Waals surface area contributed by atoms with Crippen molar-refractivity contribution in [3.63, 3.8) is 0 Å². The molecule has 2 rings (SSSR count). The van der Waals surface area contributed by atoms with E-state index in [-0.39, 0.29) is 10.5 Å². The molecule has 0 aliphatic heterocycles. The Morgan fingerprint density at radius 2 is 2.10 bits per heavy atom. The molecule has 0 heterocycles. The average molecular weight is 297 g/mol. The van der Waals surface area contributed by atoms with E-state index in [0.717, 1.165) is 6.42 Å². The predicted octanol–water partition coefficient (Wildman–Crippen LogP) is 2.03. The van der Waals surface area contributed by atoms with E-state index in [0.29, 0.717) is 24.4 Å². The summed E-state index contributed by atoms with van der Waals surface area (Å²) in [5.74, 6) is -0.452. The fraction of sp³-hybridized carbons (Fsp3) is 0.500. The van der Waals surface area contributed by atoms with Gasteiger partial charge in [-0.3, -0.25) is 0 Å². The van der Waals surface area contributed by atoms with Gasteiger partial charge in [-0.1, -0.05) is 25.8 Å². The SMILES string of the molecule is CCc1ccc(S(=O)(=O)NCCC2CC2)cc1C(=O)O. The third-order valence-corrected chi connectivity index (χ3v) is 5.00. The molecule has 1 saturated carbocycles. The van der Waals surface area contributed by atoms with Crippen molar-refractivity contribution in [3.8, 4) is 0 Å². The van der Waals surface area contributed by atoms with Gasteiger partial charge in [0.2, 0.25) is 10.0 Å². The highest BCUT2D eigenvalue weighted by molar-refractivity contribution is 7.89.